The smallest absolute Gasteiger partial charge is 0.410 e. The lowest BCUT2D eigenvalue weighted by atomic mass is 9.81. The second kappa shape index (κ2) is 6.41. The van der Waals surface area contributed by atoms with Gasteiger partial charge < -0.3 is 14.2 Å². The van der Waals surface area contributed by atoms with Gasteiger partial charge in [0.1, 0.15) is 17.4 Å². The average Bonchev–Trinajstić information content (AvgIpc) is 2.83. The van der Waals surface area contributed by atoms with Crippen molar-refractivity contribution in [1.82, 2.24) is 4.90 Å². The zero-order chi connectivity index (χ0) is 18.2. The van der Waals surface area contributed by atoms with Gasteiger partial charge in [-0.05, 0) is 33.6 Å². The van der Waals surface area contributed by atoms with E-state index < -0.39 is 53.3 Å². The molecule has 2 bridgehead atoms. The minimum absolute atomic E-state index is 0.420. The summed E-state index contributed by atoms with van der Waals surface area (Å²) in [6.45, 7) is 5.16. The van der Waals surface area contributed by atoms with E-state index in [-0.39, 0.29) is 0 Å². The number of hydrogen-bond donors (Lipinski definition) is 0. The van der Waals surface area contributed by atoms with Gasteiger partial charge in [0.05, 0.1) is 26.3 Å². The second-order valence-corrected chi connectivity index (χ2v) is 7.00. The highest BCUT2D eigenvalue weighted by Gasteiger charge is 2.60. The van der Waals surface area contributed by atoms with Crippen molar-refractivity contribution in [1.29, 1.82) is 0 Å². The summed E-state index contributed by atoms with van der Waals surface area (Å²) >= 11 is 0. The molecule has 2 rings (SSSR count). The van der Waals surface area contributed by atoms with Crippen LogP contribution >= 0.6 is 0 Å². The lowest BCUT2D eigenvalue weighted by Gasteiger charge is -2.41. The van der Waals surface area contributed by atoms with E-state index in [1.165, 1.54) is 19.1 Å². The number of ketones is 1. The van der Waals surface area contributed by atoms with Crippen LogP contribution in [0, 0.1) is 11.8 Å². The first kappa shape index (κ1) is 18.2. The third-order valence-corrected chi connectivity index (χ3v) is 4.37. The number of carbonyl (C=O) groups is 4. The van der Waals surface area contributed by atoms with E-state index in [1.54, 1.807) is 20.8 Å². The molecule has 4 atom stereocenters. The van der Waals surface area contributed by atoms with Gasteiger partial charge in [-0.15, -0.1) is 0 Å². The van der Waals surface area contributed by atoms with Crippen LogP contribution in [-0.4, -0.2) is 60.6 Å². The summed E-state index contributed by atoms with van der Waals surface area (Å²) in [5, 5.41) is 0. The third kappa shape index (κ3) is 3.09. The maximum atomic E-state index is 12.7. The number of Topliss-reactive ketones (excluding diaryl/α,β-unsaturated/α-hetero) is 1. The Balaban J connectivity index is 2.41. The van der Waals surface area contributed by atoms with Gasteiger partial charge in [-0.25, -0.2) is 4.79 Å². The Morgan fingerprint density at radius 2 is 1.38 bits per heavy atom. The van der Waals surface area contributed by atoms with Crippen molar-refractivity contribution in [3.63, 3.8) is 0 Å². The van der Waals surface area contributed by atoms with Gasteiger partial charge in [-0.3, -0.25) is 19.3 Å². The standard InChI is InChI=1S/C16H23NO7/c1-16(2,3)24-15(21)17-8-6-7-9(17)11(14(20)23-5)12(18)10(8)13(19)22-4/h8-11H,6-7H2,1-5H3. The van der Waals surface area contributed by atoms with Crippen molar-refractivity contribution in [2.75, 3.05) is 14.2 Å². The number of amides is 1. The largest absolute Gasteiger partial charge is 0.468 e. The number of piperidine rings is 1. The van der Waals surface area contributed by atoms with Gasteiger partial charge in [0.25, 0.3) is 0 Å². The molecule has 0 aromatic carbocycles. The first-order valence-electron chi connectivity index (χ1n) is 7.83. The highest BCUT2D eigenvalue weighted by atomic mass is 16.6. The predicted molar refractivity (Wildman–Crippen MR) is 80.9 cm³/mol. The quantitative estimate of drug-likeness (QED) is 0.418. The van der Waals surface area contributed by atoms with Gasteiger partial charge in [0.2, 0.25) is 0 Å². The molecule has 2 saturated heterocycles. The monoisotopic (exact) mass is 341 g/mol. The summed E-state index contributed by atoms with van der Waals surface area (Å²) in [5.74, 6) is -4.47. The van der Waals surface area contributed by atoms with Crippen molar-refractivity contribution in [3.05, 3.63) is 0 Å². The van der Waals surface area contributed by atoms with Crippen molar-refractivity contribution in [3.8, 4) is 0 Å². The Bertz CT molecular complexity index is 531. The molecule has 8 nitrogen and oxygen atoms in total. The molecule has 2 aliphatic heterocycles. The molecule has 0 saturated carbocycles. The van der Waals surface area contributed by atoms with Crippen LogP contribution in [0.1, 0.15) is 33.6 Å². The van der Waals surface area contributed by atoms with Crippen molar-refractivity contribution < 1.29 is 33.4 Å². The minimum Gasteiger partial charge on any atom is -0.468 e. The number of hydrogen-bond acceptors (Lipinski definition) is 7. The molecule has 2 heterocycles. The van der Waals surface area contributed by atoms with Gasteiger partial charge in [0.15, 0.2) is 5.78 Å². The molecule has 8 heteroatoms. The summed E-state index contributed by atoms with van der Waals surface area (Å²) in [7, 11) is 2.34. The molecular weight excluding hydrogens is 318 g/mol. The lowest BCUT2D eigenvalue weighted by molar-refractivity contribution is -0.163. The van der Waals surface area contributed by atoms with E-state index in [0.29, 0.717) is 12.8 Å². The fourth-order valence-corrected chi connectivity index (χ4v) is 3.48. The summed E-state index contributed by atoms with van der Waals surface area (Å²) in [4.78, 5) is 50.8. The predicted octanol–water partition coefficient (Wildman–Crippen LogP) is 0.916. The van der Waals surface area contributed by atoms with E-state index in [0.717, 1.165) is 0 Å². The molecule has 0 aliphatic carbocycles. The van der Waals surface area contributed by atoms with E-state index in [2.05, 4.69) is 0 Å². The van der Waals surface area contributed by atoms with Crippen LogP contribution in [0.15, 0.2) is 0 Å². The molecular formula is C16H23NO7. The number of esters is 2. The molecule has 1 amide bonds. The molecule has 24 heavy (non-hydrogen) atoms. The van der Waals surface area contributed by atoms with E-state index in [4.69, 9.17) is 14.2 Å². The Labute approximate surface area is 140 Å². The van der Waals surface area contributed by atoms with Crippen LogP contribution in [0.4, 0.5) is 4.79 Å². The van der Waals surface area contributed by atoms with Gasteiger partial charge in [-0.2, -0.15) is 0 Å². The van der Waals surface area contributed by atoms with Crippen LogP contribution in [0.5, 0.6) is 0 Å². The van der Waals surface area contributed by atoms with E-state index >= 15 is 0 Å². The number of rotatable bonds is 2. The fraction of sp³-hybridized carbons (Fsp3) is 0.750. The Kier molecular flexibility index (Phi) is 4.87. The number of carbonyl (C=O) groups excluding carboxylic acids is 4. The maximum absolute atomic E-state index is 12.7. The van der Waals surface area contributed by atoms with E-state index in [1.807, 2.05) is 0 Å². The molecule has 2 fully saturated rings. The second-order valence-electron chi connectivity index (χ2n) is 7.00. The van der Waals surface area contributed by atoms with Crippen molar-refractivity contribution >= 4 is 23.8 Å². The Morgan fingerprint density at radius 1 is 0.958 bits per heavy atom. The Hall–Kier alpha value is -2.12. The zero-order valence-electron chi connectivity index (χ0n) is 14.5. The first-order chi connectivity index (χ1) is 11.1. The summed E-state index contributed by atoms with van der Waals surface area (Å²) in [6, 6.07) is -1.32. The molecule has 0 aromatic rings. The highest BCUT2D eigenvalue weighted by molar-refractivity contribution is 6.11. The minimum atomic E-state index is -1.20. The summed E-state index contributed by atoms with van der Waals surface area (Å²) in [5.41, 5.74) is -0.737. The third-order valence-electron chi connectivity index (χ3n) is 4.37. The van der Waals surface area contributed by atoms with Gasteiger partial charge in [0, 0.05) is 0 Å². The molecule has 0 N–H and O–H groups in total. The lowest BCUT2D eigenvalue weighted by Crippen LogP contribution is -2.61. The van der Waals surface area contributed by atoms with Gasteiger partial charge in [-0.1, -0.05) is 0 Å². The molecule has 134 valence electrons. The Morgan fingerprint density at radius 3 is 1.71 bits per heavy atom. The highest BCUT2D eigenvalue weighted by Crippen LogP contribution is 2.42. The zero-order valence-corrected chi connectivity index (χ0v) is 14.5. The normalized spacial score (nSPS) is 29.2. The van der Waals surface area contributed by atoms with Crippen LogP contribution in [-0.2, 0) is 28.6 Å². The summed E-state index contributed by atoms with van der Waals surface area (Å²) in [6.07, 6.45) is 0.191. The number of fused-ring (bicyclic) bond motifs is 2. The molecule has 0 aromatic heterocycles. The van der Waals surface area contributed by atoms with Crippen molar-refractivity contribution in [2.45, 2.75) is 51.3 Å². The van der Waals surface area contributed by atoms with Crippen LogP contribution in [0.3, 0.4) is 0 Å². The first-order valence-corrected chi connectivity index (χ1v) is 7.83. The van der Waals surface area contributed by atoms with Crippen LogP contribution < -0.4 is 0 Å². The average molecular weight is 341 g/mol. The summed E-state index contributed by atoms with van der Waals surface area (Å²) < 4.78 is 14.8. The molecule has 0 radical (unpaired) electrons. The number of methoxy groups -OCH3 is 2. The topological polar surface area (TPSA) is 99.2 Å². The van der Waals surface area contributed by atoms with Crippen molar-refractivity contribution in [2.24, 2.45) is 11.8 Å². The van der Waals surface area contributed by atoms with E-state index in [9.17, 15) is 19.2 Å². The SMILES string of the molecule is COC(=O)C1C(=O)C(C(=O)OC)C2CCC1N2C(=O)OC(C)(C)C. The van der Waals surface area contributed by atoms with Gasteiger partial charge >= 0.3 is 18.0 Å². The van der Waals surface area contributed by atoms with Crippen LogP contribution in [0.25, 0.3) is 0 Å². The molecule has 0 spiro atoms. The maximum Gasteiger partial charge on any atom is 0.410 e. The number of nitrogens with zero attached hydrogens (tertiary/aromatic N) is 1. The fourth-order valence-electron chi connectivity index (χ4n) is 3.48. The molecule has 2 aliphatic rings. The number of ether oxygens (including phenoxy) is 3. The molecule has 4 unspecified atom stereocenters. The van der Waals surface area contributed by atoms with Crippen LogP contribution in [0.2, 0.25) is 0 Å².